The first-order valence-corrected chi connectivity index (χ1v) is 10.1. The van der Waals surface area contributed by atoms with Gasteiger partial charge in [-0.15, -0.1) is 0 Å². The van der Waals surface area contributed by atoms with E-state index in [-0.39, 0.29) is 28.7 Å². The Balaban J connectivity index is 1.72. The molecular weight excluding hydrogens is 491 g/mol. The van der Waals surface area contributed by atoms with Gasteiger partial charge in [-0.05, 0) is 49.0 Å². The summed E-state index contributed by atoms with van der Waals surface area (Å²) in [4.78, 5) is 34.2. The number of rotatable bonds is 7. The van der Waals surface area contributed by atoms with Crippen LogP contribution in [0.5, 0.6) is 5.75 Å². The first-order chi connectivity index (χ1) is 14.7. The second kappa shape index (κ2) is 11.7. The number of thiocarbonyl (C=S) groups is 1. The number of hydrogen-bond acceptors (Lipinski definition) is 6. The highest BCUT2D eigenvalue weighted by Crippen LogP contribution is 2.27. The number of nitro benzene ring substituents is 1. The number of hydrogen-bond donors (Lipinski definition) is 3. The number of nitrogens with one attached hydrogen (secondary N) is 3. The van der Waals surface area contributed by atoms with Gasteiger partial charge in [0.15, 0.2) is 5.11 Å². The van der Waals surface area contributed by atoms with E-state index < -0.39 is 22.4 Å². The highest BCUT2D eigenvalue weighted by atomic mass is 35.5. The van der Waals surface area contributed by atoms with Crippen LogP contribution in [0.25, 0.3) is 0 Å². The van der Waals surface area contributed by atoms with E-state index in [0.717, 1.165) is 6.07 Å². The Morgan fingerprint density at radius 3 is 2.48 bits per heavy atom. The summed E-state index contributed by atoms with van der Waals surface area (Å²) < 4.78 is 5.48. The molecule has 0 aliphatic heterocycles. The van der Waals surface area contributed by atoms with Crippen LogP contribution in [-0.4, -0.2) is 28.5 Å². The number of ether oxygens (including phenoxy) is 1. The minimum Gasteiger partial charge on any atom is -0.492 e. The molecule has 0 bridgehead atoms. The van der Waals surface area contributed by atoms with E-state index in [1.54, 1.807) is 18.2 Å². The van der Waals surface area contributed by atoms with Gasteiger partial charge in [-0.2, -0.15) is 0 Å². The van der Waals surface area contributed by atoms with Crippen molar-refractivity contribution in [2.45, 2.75) is 12.8 Å². The van der Waals surface area contributed by atoms with Crippen molar-refractivity contribution in [2.24, 2.45) is 0 Å². The predicted octanol–water partition coefficient (Wildman–Crippen LogP) is 4.05. The molecule has 3 N–H and O–H groups in total. The highest BCUT2D eigenvalue weighted by molar-refractivity contribution is 7.80. The van der Waals surface area contributed by atoms with Crippen LogP contribution >= 0.6 is 47.0 Å². The fourth-order valence-corrected chi connectivity index (χ4v) is 3.02. The van der Waals surface area contributed by atoms with Gasteiger partial charge in [-0.1, -0.05) is 34.8 Å². The lowest BCUT2D eigenvalue weighted by Gasteiger charge is -2.11. The molecule has 0 radical (unpaired) electrons. The standard InChI is InChI=1S/C18H15Cl3N4O5S/c19-11-4-6-15(13(21)9-11)30-7-1-2-16(26)22-18(31)24-23-17(27)10-3-5-12(20)14(8-10)25(28)29/h3-6,8-9H,1-2,7H2,(H,23,27)(H2,22,24,26,31). The quantitative estimate of drug-likeness (QED) is 0.224. The van der Waals surface area contributed by atoms with Gasteiger partial charge in [0, 0.05) is 23.1 Å². The largest absolute Gasteiger partial charge is 0.492 e. The molecular formula is C18H15Cl3N4O5S. The van der Waals surface area contributed by atoms with Crippen LogP contribution in [0.3, 0.4) is 0 Å². The third-order valence-electron chi connectivity index (χ3n) is 3.65. The lowest BCUT2D eigenvalue weighted by atomic mass is 10.2. The van der Waals surface area contributed by atoms with Crippen LogP contribution in [0, 0.1) is 10.1 Å². The lowest BCUT2D eigenvalue weighted by molar-refractivity contribution is -0.384. The first kappa shape index (κ1) is 24.6. The van der Waals surface area contributed by atoms with Crippen molar-refractivity contribution in [3.05, 3.63) is 67.1 Å². The van der Waals surface area contributed by atoms with E-state index in [1.165, 1.54) is 12.1 Å². The Bertz CT molecular complexity index is 1020. The van der Waals surface area contributed by atoms with Gasteiger partial charge in [-0.25, -0.2) is 0 Å². The first-order valence-electron chi connectivity index (χ1n) is 8.59. The Morgan fingerprint density at radius 1 is 1.06 bits per heavy atom. The van der Waals surface area contributed by atoms with Gasteiger partial charge in [0.1, 0.15) is 10.8 Å². The number of benzene rings is 2. The molecule has 2 aromatic rings. The van der Waals surface area contributed by atoms with Crippen molar-refractivity contribution in [1.29, 1.82) is 0 Å². The predicted molar refractivity (Wildman–Crippen MR) is 121 cm³/mol. The molecule has 0 heterocycles. The van der Waals surface area contributed by atoms with E-state index in [2.05, 4.69) is 16.2 Å². The number of carbonyl (C=O) groups is 2. The van der Waals surface area contributed by atoms with E-state index in [0.29, 0.717) is 22.2 Å². The summed E-state index contributed by atoms with van der Waals surface area (Å²) in [6.45, 7) is 0.237. The SMILES string of the molecule is O=C(CCCOc1ccc(Cl)cc1Cl)NC(=S)NNC(=O)c1ccc(Cl)c([N+](=O)[O-])c1. The third kappa shape index (κ3) is 7.83. The summed E-state index contributed by atoms with van der Waals surface area (Å²) >= 11 is 22.4. The number of nitrogens with zero attached hydrogens (tertiary/aromatic N) is 1. The number of nitro groups is 1. The Labute approximate surface area is 197 Å². The Hall–Kier alpha value is -2.66. The lowest BCUT2D eigenvalue weighted by Crippen LogP contribution is -2.48. The number of carbonyl (C=O) groups excluding carboxylic acids is 2. The number of amides is 2. The maximum Gasteiger partial charge on any atom is 0.288 e. The van der Waals surface area contributed by atoms with E-state index in [1.807, 2.05) is 0 Å². The highest BCUT2D eigenvalue weighted by Gasteiger charge is 2.16. The molecule has 2 aromatic carbocycles. The molecule has 0 spiro atoms. The van der Waals surface area contributed by atoms with E-state index in [4.69, 9.17) is 51.8 Å². The van der Waals surface area contributed by atoms with Crippen molar-refractivity contribution in [3.8, 4) is 5.75 Å². The normalized spacial score (nSPS) is 10.2. The maximum absolute atomic E-state index is 12.1. The molecule has 0 atom stereocenters. The number of halogens is 3. The van der Waals surface area contributed by atoms with Gasteiger partial charge in [-0.3, -0.25) is 30.6 Å². The minimum atomic E-state index is -0.706. The molecule has 0 unspecified atom stereocenters. The molecule has 0 saturated heterocycles. The minimum absolute atomic E-state index is 0.0178. The molecule has 2 rings (SSSR count). The zero-order valence-electron chi connectivity index (χ0n) is 15.6. The van der Waals surface area contributed by atoms with Gasteiger partial charge in [0.05, 0.1) is 16.6 Å². The average molecular weight is 506 g/mol. The summed E-state index contributed by atoms with van der Waals surface area (Å²) in [7, 11) is 0. The van der Waals surface area contributed by atoms with Crippen molar-refractivity contribution < 1.29 is 19.2 Å². The zero-order chi connectivity index (χ0) is 23.0. The molecule has 31 heavy (non-hydrogen) atoms. The molecule has 0 aliphatic carbocycles. The Kier molecular flexibility index (Phi) is 9.25. The van der Waals surface area contributed by atoms with Crippen molar-refractivity contribution in [2.75, 3.05) is 6.61 Å². The van der Waals surface area contributed by atoms with E-state index in [9.17, 15) is 19.7 Å². The van der Waals surface area contributed by atoms with Crippen LogP contribution in [0.2, 0.25) is 15.1 Å². The molecule has 0 aliphatic rings. The fraction of sp³-hybridized carbons (Fsp3) is 0.167. The van der Waals surface area contributed by atoms with Crippen molar-refractivity contribution in [3.63, 3.8) is 0 Å². The van der Waals surface area contributed by atoms with E-state index >= 15 is 0 Å². The second-order valence-corrected chi connectivity index (χ2v) is 7.57. The molecule has 0 aromatic heterocycles. The topological polar surface area (TPSA) is 123 Å². The smallest absolute Gasteiger partial charge is 0.288 e. The molecule has 0 saturated carbocycles. The average Bonchev–Trinajstić information content (AvgIpc) is 2.70. The molecule has 13 heteroatoms. The van der Waals surface area contributed by atoms with Crippen LogP contribution in [0.4, 0.5) is 5.69 Å². The number of hydrazine groups is 1. The van der Waals surface area contributed by atoms with Crippen LogP contribution < -0.4 is 20.9 Å². The summed E-state index contributed by atoms with van der Waals surface area (Å²) in [6, 6.07) is 8.37. The molecule has 0 fully saturated rings. The summed E-state index contributed by atoms with van der Waals surface area (Å²) in [5, 5.41) is 13.9. The maximum atomic E-state index is 12.1. The summed E-state index contributed by atoms with van der Waals surface area (Å²) in [6.07, 6.45) is 0.485. The fourth-order valence-electron chi connectivity index (χ4n) is 2.21. The Morgan fingerprint density at radius 2 is 1.81 bits per heavy atom. The monoisotopic (exact) mass is 504 g/mol. The zero-order valence-corrected chi connectivity index (χ0v) is 18.7. The molecule has 9 nitrogen and oxygen atoms in total. The molecule has 2 amide bonds. The van der Waals surface area contributed by atoms with Crippen LogP contribution in [0.15, 0.2) is 36.4 Å². The van der Waals surface area contributed by atoms with Gasteiger partial charge in [0.2, 0.25) is 5.91 Å². The van der Waals surface area contributed by atoms with Gasteiger partial charge < -0.3 is 10.1 Å². The van der Waals surface area contributed by atoms with Crippen LogP contribution in [-0.2, 0) is 4.79 Å². The van der Waals surface area contributed by atoms with Crippen molar-refractivity contribution >= 4 is 69.6 Å². The second-order valence-electron chi connectivity index (χ2n) is 5.91. The summed E-state index contributed by atoms with van der Waals surface area (Å²) in [5.41, 5.74) is 4.14. The van der Waals surface area contributed by atoms with Crippen molar-refractivity contribution in [1.82, 2.24) is 16.2 Å². The van der Waals surface area contributed by atoms with Gasteiger partial charge >= 0.3 is 0 Å². The van der Waals surface area contributed by atoms with Gasteiger partial charge in [0.25, 0.3) is 11.6 Å². The van der Waals surface area contributed by atoms with Crippen LogP contribution in [0.1, 0.15) is 23.2 Å². The molecule has 164 valence electrons. The summed E-state index contributed by atoms with van der Waals surface area (Å²) in [5.74, 6) is -0.655. The third-order valence-corrected chi connectivity index (χ3v) is 4.70.